The third kappa shape index (κ3) is 3.15. The number of nitrogens with one attached hydrogen (secondary N) is 1. The van der Waals surface area contributed by atoms with Gasteiger partial charge in [-0.3, -0.25) is 4.79 Å². The van der Waals surface area contributed by atoms with Gasteiger partial charge in [0.15, 0.2) is 5.69 Å². The summed E-state index contributed by atoms with van der Waals surface area (Å²) in [5.41, 5.74) is 3.88. The van der Waals surface area contributed by atoms with E-state index in [9.17, 15) is 4.79 Å². The maximum absolute atomic E-state index is 12.5. The van der Waals surface area contributed by atoms with Crippen LogP contribution in [0, 0.1) is 13.8 Å². The van der Waals surface area contributed by atoms with Crippen LogP contribution in [-0.2, 0) is 0 Å². The second kappa shape index (κ2) is 6.58. The topological polar surface area (TPSA) is 56.1 Å². The summed E-state index contributed by atoms with van der Waals surface area (Å²) in [7, 11) is 1.62. The molecule has 1 amide bonds. The summed E-state index contributed by atoms with van der Waals surface area (Å²) in [6.07, 6.45) is 0. The highest BCUT2D eigenvalue weighted by molar-refractivity contribution is 6.03. The number of benzene rings is 2. The van der Waals surface area contributed by atoms with Crippen molar-refractivity contribution in [3.63, 3.8) is 0 Å². The molecule has 0 bridgehead atoms. The van der Waals surface area contributed by atoms with Crippen molar-refractivity contribution in [1.29, 1.82) is 0 Å². The van der Waals surface area contributed by atoms with Gasteiger partial charge in [-0.15, -0.1) is 0 Å². The molecule has 0 unspecified atom stereocenters. The molecule has 122 valence electrons. The van der Waals surface area contributed by atoms with Crippen molar-refractivity contribution in [1.82, 2.24) is 9.78 Å². The predicted molar refractivity (Wildman–Crippen MR) is 94.0 cm³/mol. The van der Waals surface area contributed by atoms with Gasteiger partial charge in [-0.1, -0.05) is 18.2 Å². The van der Waals surface area contributed by atoms with E-state index in [-0.39, 0.29) is 5.91 Å². The van der Waals surface area contributed by atoms with E-state index in [1.54, 1.807) is 17.9 Å². The number of hydrogen-bond acceptors (Lipinski definition) is 3. The number of carbonyl (C=O) groups excluding carboxylic acids is 1. The van der Waals surface area contributed by atoms with Crippen molar-refractivity contribution in [2.45, 2.75) is 13.8 Å². The van der Waals surface area contributed by atoms with Crippen molar-refractivity contribution in [3.8, 4) is 11.4 Å². The van der Waals surface area contributed by atoms with Crippen molar-refractivity contribution in [2.24, 2.45) is 0 Å². The smallest absolute Gasteiger partial charge is 0.276 e. The molecule has 24 heavy (non-hydrogen) atoms. The van der Waals surface area contributed by atoms with E-state index in [1.165, 1.54) is 0 Å². The highest BCUT2D eigenvalue weighted by Gasteiger charge is 2.14. The van der Waals surface area contributed by atoms with Crippen LogP contribution in [0.1, 0.15) is 21.7 Å². The molecule has 0 saturated heterocycles. The maximum Gasteiger partial charge on any atom is 0.276 e. The average Bonchev–Trinajstić information content (AvgIpc) is 2.99. The van der Waals surface area contributed by atoms with E-state index in [2.05, 4.69) is 10.4 Å². The summed E-state index contributed by atoms with van der Waals surface area (Å²) in [5.74, 6) is 0.524. The van der Waals surface area contributed by atoms with Crippen molar-refractivity contribution < 1.29 is 9.53 Å². The number of amides is 1. The molecule has 5 nitrogen and oxygen atoms in total. The number of rotatable bonds is 4. The van der Waals surface area contributed by atoms with Crippen LogP contribution in [0.2, 0.25) is 0 Å². The first-order valence-corrected chi connectivity index (χ1v) is 7.66. The minimum Gasteiger partial charge on any atom is -0.497 e. The van der Waals surface area contributed by atoms with E-state index in [0.29, 0.717) is 5.69 Å². The lowest BCUT2D eigenvalue weighted by molar-refractivity contribution is 0.102. The average molecular weight is 321 g/mol. The van der Waals surface area contributed by atoms with Gasteiger partial charge in [-0.05, 0) is 55.8 Å². The molecule has 0 spiro atoms. The minimum atomic E-state index is -0.235. The van der Waals surface area contributed by atoms with Crippen LogP contribution in [0.15, 0.2) is 54.6 Å². The summed E-state index contributed by atoms with van der Waals surface area (Å²) in [5, 5.41) is 7.32. The molecular formula is C19H19N3O2. The summed E-state index contributed by atoms with van der Waals surface area (Å²) in [4.78, 5) is 12.5. The fourth-order valence-electron chi connectivity index (χ4n) is 2.51. The summed E-state index contributed by atoms with van der Waals surface area (Å²) < 4.78 is 6.94. The van der Waals surface area contributed by atoms with Crippen LogP contribution in [0.4, 0.5) is 5.69 Å². The Morgan fingerprint density at radius 2 is 1.83 bits per heavy atom. The molecule has 1 heterocycles. The number of nitrogens with zero attached hydrogens (tertiary/aromatic N) is 2. The fraction of sp³-hybridized carbons (Fsp3) is 0.158. The van der Waals surface area contributed by atoms with Crippen LogP contribution < -0.4 is 10.1 Å². The Balaban J connectivity index is 1.84. The number of aryl methyl sites for hydroxylation is 2. The highest BCUT2D eigenvalue weighted by atomic mass is 16.5. The number of hydrogen-bond donors (Lipinski definition) is 1. The molecule has 3 rings (SSSR count). The molecule has 0 aliphatic heterocycles. The zero-order chi connectivity index (χ0) is 17.1. The molecule has 1 N–H and O–H groups in total. The number of methoxy groups -OCH3 is 1. The SMILES string of the molecule is COc1ccc(NC(=O)c2cc(C)n(-c3ccccc3)n2)c(C)c1. The number of aromatic nitrogens is 2. The molecule has 0 atom stereocenters. The number of ether oxygens (including phenoxy) is 1. The van der Waals surface area contributed by atoms with Crippen LogP contribution in [0.25, 0.3) is 5.69 Å². The van der Waals surface area contributed by atoms with E-state index in [0.717, 1.165) is 28.4 Å². The Kier molecular flexibility index (Phi) is 4.33. The maximum atomic E-state index is 12.5. The molecule has 1 aromatic heterocycles. The second-order valence-electron chi connectivity index (χ2n) is 5.55. The van der Waals surface area contributed by atoms with Crippen LogP contribution in [0.5, 0.6) is 5.75 Å². The molecule has 0 radical (unpaired) electrons. The van der Waals surface area contributed by atoms with E-state index >= 15 is 0 Å². The van der Waals surface area contributed by atoms with Gasteiger partial charge in [0, 0.05) is 11.4 Å². The molecule has 3 aromatic rings. The number of para-hydroxylation sites is 1. The van der Waals surface area contributed by atoms with Crippen molar-refractivity contribution in [2.75, 3.05) is 12.4 Å². The normalized spacial score (nSPS) is 10.5. The van der Waals surface area contributed by atoms with Crippen molar-refractivity contribution in [3.05, 3.63) is 71.5 Å². The molecule has 0 aliphatic carbocycles. The van der Waals surface area contributed by atoms with Gasteiger partial charge in [-0.2, -0.15) is 5.10 Å². The Morgan fingerprint density at radius 1 is 1.08 bits per heavy atom. The lowest BCUT2D eigenvalue weighted by atomic mass is 10.2. The van der Waals surface area contributed by atoms with E-state index in [1.807, 2.05) is 62.4 Å². The first kappa shape index (κ1) is 15.8. The highest BCUT2D eigenvalue weighted by Crippen LogP contribution is 2.22. The predicted octanol–water partition coefficient (Wildman–Crippen LogP) is 3.75. The first-order valence-electron chi connectivity index (χ1n) is 7.66. The summed E-state index contributed by atoms with van der Waals surface area (Å²) in [6, 6.07) is 17.0. The Morgan fingerprint density at radius 3 is 2.50 bits per heavy atom. The third-order valence-corrected chi connectivity index (χ3v) is 3.80. The first-order chi connectivity index (χ1) is 11.6. The van der Waals surface area contributed by atoms with Gasteiger partial charge >= 0.3 is 0 Å². The van der Waals surface area contributed by atoms with Crippen LogP contribution >= 0.6 is 0 Å². The van der Waals surface area contributed by atoms with E-state index < -0.39 is 0 Å². The Bertz CT molecular complexity index is 870. The quantitative estimate of drug-likeness (QED) is 0.796. The Labute approximate surface area is 140 Å². The molecule has 2 aromatic carbocycles. The summed E-state index contributed by atoms with van der Waals surface area (Å²) in [6.45, 7) is 3.85. The second-order valence-corrected chi connectivity index (χ2v) is 5.55. The van der Waals surface area contributed by atoms with Gasteiger partial charge in [0.1, 0.15) is 5.75 Å². The van der Waals surface area contributed by atoms with Gasteiger partial charge in [0.2, 0.25) is 0 Å². The third-order valence-electron chi connectivity index (χ3n) is 3.80. The lowest BCUT2D eigenvalue weighted by Crippen LogP contribution is -2.14. The molecular weight excluding hydrogens is 302 g/mol. The van der Waals surface area contributed by atoms with Crippen LogP contribution in [-0.4, -0.2) is 22.8 Å². The largest absolute Gasteiger partial charge is 0.497 e. The van der Waals surface area contributed by atoms with Crippen molar-refractivity contribution >= 4 is 11.6 Å². The monoisotopic (exact) mass is 321 g/mol. The molecule has 0 fully saturated rings. The van der Waals surface area contributed by atoms with Gasteiger partial charge in [0.25, 0.3) is 5.91 Å². The Hall–Kier alpha value is -3.08. The minimum absolute atomic E-state index is 0.235. The fourth-order valence-corrected chi connectivity index (χ4v) is 2.51. The molecule has 5 heteroatoms. The van der Waals surface area contributed by atoms with Gasteiger partial charge in [-0.25, -0.2) is 4.68 Å². The number of carbonyl (C=O) groups is 1. The number of anilines is 1. The van der Waals surface area contributed by atoms with Crippen LogP contribution in [0.3, 0.4) is 0 Å². The zero-order valence-electron chi connectivity index (χ0n) is 13.9. The summed E-state index contributed by atoms with van der Waals surface area (Å²) >= 11 is 0. The van der Waals surface area contributed by atoms with Gasteiger partial charge < -0.3 is 10.1 Å². The standard InChI is InChI=1S/C19H19N3O2/c1-13-11-16(24-3)9-10-17(13)20-19(23)18-12-14(2)22(21-18)15-7-5-4-6-8-15/h4-12H,1-3H3,(H,20,23). The van der Waals surface area contributed by atoms with E-state index in [4.69, 9.17) is 4.74 Å². The lowest BCUT2D eigenvalue weighted by Gasteiger charge is -2.08. The molecule has 0 aliphatic rings. The molecule has 0 saturated carbocycles. The zero-order valence-corrected chi connectivity index (χ0v) is 13.9. The van der Waals surface area contributed by atoms with Gasteiger partial charge in [0.05, 0.1) is 12.8 Å².